The van der Waals surface area contributed by atoms with Gasteiger partial charge in [0.1, 0.15) is 11.4 Å². The summed E-state index contributed by atoms with van der Waals surface area (Å²) in [5.74, 6) is 0.471. The number of benzene rings is 1. The Kier molecular flexibility index (Phi) is 4.68. The van der Waals surface area contributed by atoms with E-state index in [2.05, 4.69) is 15.2 Å². The van der Waals surface area contributed by atoms with Crippen LogP contribution in [0.4, 0.5) is 0 Å². The van der Waals surface area contributed by atoms with Crippen LogP contribution in [-0.2, 0) is 0 Å². The topological polar surface area (TPSA) is 104 Å². The molecule has 0 radical (unpaired) electrons. The zero-order valence-electron chi connectivity index (χ0n) is 15.5. The number of hydrogen-bond donors (Lipinski definition) is 2. The number of carbonyl (C=O) groups is 1. The molecule has 1 aromatic carbocycles. The number of rotatable bonds is 3. The van der Waals surface area contributed by atoms with Gasteiger partial charge in [0.05, 0.1) is 5.69 Å². The molecule has 1 aliphatic heterocycles. The normalized spacial score (nSPS) is 15.0. The number of aromatic nitrogens is 4. The third kappa shape index (κ3) is 3.28. The van der Waals surface area contributed by atoms with E-state index in [4.69, 9.17) is 0 Å². The molecule has 2 aromatic heterocycles. The summed E-state index contributed by atoms with van der Waals surface area (Å²) in [7, 11) is 0. The lowest BCUT2D eigenvalue weighted by Crippen LogP contribution is -2.40. The molecular weight excluding hydrogens is 358 g/mol. The van der Waals surface area contributed by atoms with Gasteiger partial charge in [-0.2, -0.15) is 5.10 Å². The average molecular weight is 379 g/mol. The highest BCUT2D eigenvalue weighted by Gasteiger charge is 2.29. The molecular formula is C20H21N5O3. The van der Waals surface area contributed by atoms with Gasteiger partial charge >= 0.3 is 5.69 Å². The number of likely N-dealkylation sites (tertiary alicyclic amines) is 1. The third-order valence-corrected chi connectivity index (χ3v) is 5.15. The summed E-state index contributed by atoms with van der Waals surface area (Å²) in [6, 6.07) is 10.8. The minimum atomic E-state index is -0.272. The Hall–Kier alpha value is -3.42. The van der Waals surface area contributed by atoms with Gasteiger partial charge in [0.15, 0.2) is 5.43 Å². The Morgan fingerprint density at radius 2 is 1.86 bits per heavy atom. The lowest BCUT2D eigenvalue weighted by atomic mass is 9.95. The van der Waals surface area contributed by atoms with Gasteiger partial charge in [-0.3, -0.25) is 9.59 Å². The van der Waals surface area contributed by atoms with Crippen LogP contribution in [0.5, 0.6) is 0 Å². The van der Waals surface area contributed by atoms with Crippen LogP contribution < -0.4 is 11.1 Å². The van der Waals surface area contributed by atoms with Crippen LogP contribution >= 0.6 is 0 Å². The molecule has 0 saturated carbocycles. The zero-order valence-corrected chi connectivity index (χ0v) is 15.5. The van der Waals surface area contributed by atoms with Gasteiger partial charge in [-0.1, -0.05) is 18.2 Å². The molecule has 1 saturated heterocycles. The highest BCUT2D eigenvalue weighted by molar-refractivity contribution is 5.93. The Balaban J connectivity index is 1.52. The number of carbonyl (C=O) groups excluding carboxylic acids is 1. The fourth-order valence-corrected chi connectivity index (χ4v) is 3.66. The summed E-state index contributed by atoms with van der Waals surface area (Å²) in [5, 5.41) is 6.77. The Bertz CT molecular complexity index is 1100. The summed E-state index contributed by atoms with van der Waals surface area (Å²) in [4.78, 5) is 41.7. The molecule has 3 aromatic rings. The lowest BCUT2D eigenvalue weighted by Gasteiger charge is -2.31. The van der Waals surface area contributed by atoms with Gasteiger partial charge in [0.2, 0.25) is 0 Å². The van der Waals surface area contributed by atoms with E-state index in [-0.39, 0.29) is 28.5 Å². The second-order valence-electron chi connectivity index (χ2n) is 7.02. The molecule has 8 heteroatoms. The van der Waals surface area contributed by atoms with Crippen molar-refractivity contribution in [3.8, 4) is 5.69 Å². The van der Waals surface area contributed by atoms with Crippen LogP contribution in [0.15, 0.2) is 52.2 Å². The van der Waals surface area contributed by atoms with E-state index in [1.165, 1.54) is 12.3 Å². The predicted molar refractivity (Wildman–Crippen MR) is 104 cm³/mol. The van der Waals surface area contributed by atoms with Crippen molar-refractivity contribution in [2.75, 3.05) is 13.1 Å². The number of aryl methyl sites for hydroxylation is 1. The van der Waals surface area contributed by atoms with E-state index in [0.717, 1.165) is 11.4 Å². The van der Waals surface area contributed by atoms with Gasteiger partial charge in [-0.25, -0.2) is 14.5 Å². The van der Waals surface area contributed by atoms with Gasteiger partial charge in [-0.05, 0) is 31.9 Å². The largest absolute Gasteiger partial charge is 0.364 e. The molecule has 0 aliphatic carbocycles. The highest BCUT2D eigenvalue weighted by Crippen LogP contribution is 2.27. The number of aromatic amines is 2. The van der Waals surface area contributed by atoms with Crippen LogP contribution in [0.1, 0.15) is 40.6 Å². The summed E-state index contributed by atoms with van der Waals surface area (Å²) in [6.07, 6.45) is 2.83. The second kappa shape index (κ2) is 7.30. The third-order valence-electron chi connectivity index (χ3n) is 5.15. The first-order valence-electron chi connectivity index (χ1n) is 9.26. The maximum absolute atomic E-state index is 12.7. The summed E-state index contributed by atoms with van der Waals surface area (Å²) >= 11 is 0. The van der Waals surface area contributed by atoms with E-state index in [1.807, 2.05) is 30.3 Å². The highest BCUT2D eigenvalue weighted by atomic mass is 16.2. The second-order valence-corrected chi connectivity index (χ2v) is 7.02. The van der Waals surface area contributed by atoms with Crippen molar-refractivity contribution < 1.29 is 4.79 Å². The number of nitrogens with zero attached hydrogens (tertiary/aromatic N) is 3. The molecule has 0 spiro atoms. The van der Waals surface area contributed by atoms with Crippen LogP contribution in [-0.4, -0.2) is 43.6 Å². The number of para-hydroxylation sites is 1. The monoisotopic (exact) mass is 379 g/mol. The zero-order chi connectivity index (χ0) is 19.7. The van der Waals surface area contributed by atoms with Crippen LogP contribution in [0.3, 0.4) is 0 Å². The first kappa shape index (κ1) is 18.0. The van der Waals surface area contributed by atoms with Crippen molar-refractivity contribution in [1.82, 2.24) is 24.6 Å². The fraction of sp³-hybridized carbons (Fsp3) is 0.300. The van der Waals surface area contributed by atoms with E-state index >= 15 is 0 Å². The number of nitrogens with one attached hydrogen (secondary N) is 2. The van der Waals surface area contributed by atoms with Gasteiger partial charge in [0.25, 0.3) is 5.91 Å². The van der Waals surface area contributed by atoms with Crippen molar-refractivity contribution in [2.45, 2.75) is 25.7 Å². The summed E-state index contributed by atoms with van der Waals surface area (Å²) in [5.41, 5.74) is 1.10. The summed E-state index contributed by atoms with van der Waals surface area (Å²) < 4.78 is 1.59. The van der Waals surface area contributed by atoms with E-state index < -0.39 is 0 Å². The molecule has 144 valence electrons. The van der Waals surface area contributed by atoms with E-state index in [1.54, 1.807) is 16.4 Å². The SMILES string of the molecule is Cc1cc(=O)c(C(=O)N2CCC(c3n[nH]c(=O)n3-c3ccccc3)CC2)c[nH]1. The average Bonchev–Trinajstić information content (AvgIpc) is 3.10. The van der Waals surface area contributed by atoms with Gasteiger partial charge < -0.3 is 9.88 Å². The minimum absolute atomic E-state index is 0.0551. The first-order valence-corrected chi connectivity index (χ1v) is 9.26. The molecule has 3 heterocycles. The molecule has 28 heavy (non-hydrogen) atoms. The number of piperidine rings is 1. The van der Waals surface area contributed by atoms with Crippen molar-refractivity contribution >= 4 is 5.91 Å². The first-order chi connectivity index (χ1) is 13.5. The standard InChI is InChI=1S/C20H21N5O3/c1-13-11-17(26)16(12-21-13)19(27)24-9-7-14(8-10-24)18-22-23-20(28)25(18)15-5-3-2-4-6-15/h2-6,11-12,14H,7-10H2,1H3,(H,21,26)(H,23,28). The fourth-order valence-electron chi connectivity index (χ4n) is 3.66. The molecule has 0 atom stereocenters. The molecule has 1 fully saturated rings. The predicted octanol–water partition coefficient (Wildman–Crippen LogP) is 1.58. The molecule has 1 amide bonds. The van der Waals surface area contributed by atoms with Crippen molar-refractivity contribution in [3.63, 3.8) is 0 Å². The smallest absolute Gasteiger partial charge is 0.347 e. The van der Waals surface area contributed by atoms with Crippen LogP contribution in [0, 0.1) is 6.92 Å². The van der Waals surface area contributed by atoms with Crippen molar-refractivity contribution in [1.29, 1.82) is 0 Å². The molecule has 4 rings (SSSR count). The van der Waals surface area contributed by atoms with E-state index in [0.29, 0.717) is 31.8 Å². The van der Waals surface area contributed by atoms with E-state index in [9.17, 15) is 14.4 Å². The number of amides is 1. The van der Waals surface area contributed by atoms with Gasteiger partial charge in [0, 0.05) is 37.0 Å². The molecule has 0 unspecified atom stereocenters. The molecule has 2 N–H and O–H groups in total. The Morgan fingerprint density at radius 3 is 2.54 bits per heavy atom. The Morgan fingerprint density at radius 1 is 1.14 bits per heavy atom. The number of hydrogen-bond acceptors (Lipinski definition) is 4. The van der Waals surface area contributed by atoms with Crippen LogP contribution in [0.2, 0.25) is 0 Å². The van der Waals surface area contributed by atoms with Gasteiger partial charge in [-0.15, -0.1) is 0 Å². The lowest BCUT2D eigenvalue weighted by molar-refractivity contribution is 0.0709. The molecule has 8 nitrogen and oxygen atoms in total. The Labute approximate surface area is 160 Å². The summed E-state index contributed by atoms with van der Waals surface area (Å²) in [6.45, 7) is 2.79. The number of H-pyrrole nitrogens is 2. The maximum Gasteiger partial charge on any atom is 0.347 e. The molecule has 0 bridgehead atoms. The number of pyridine rings is 1. The maximum atomic E-state index is 12.7. The minimum Gasteiger partial charge on any atom is -0.364 e. The van der Waals surface area contributed by atoms with Crippen molar-refractivity contribution in [3.05, 3.63) is 80.4 Å². The quantitative estimate of drug-likeness (QED) is 0.721. The van der Waals surface area contributed by atoms with Crippen LogP contribution in [0.25, 0.3) is 5.69 Å². The van der Waals surface area contributed by atoms with Crippen molar-refractivity contribution in [2.24, 2.45) is 0 Å². The molecule has 1 aliphatic rings.